The van der Waals surface area contributed by atoms with Crippen LogP contribution >= 0.6 is 0 Å². The zero-order chi connectivity index (χ0) is 11.4. The van der Waals surface area contributed by atoms with E-state index >= 15 is 0 Å². The molecule has 8 heteroatoms. The van der Waals surface area contributed by atoms with Crippen molar-refractivity contribution in [1.29, 1.82) is 0 Å². The summed E-state index contributed by atoms with van der Waals surface area (Å²) in [5, 5.41) is 0. The average Bonchev–Trinajstić information content (AvgIpc) is 2.02. The number of halogens is 8. The molecule has 0 heterocycles. The largest absolute Gasteiger partial charge is 0.379 e. The minimum absolute atomic E-state index is 1.86. The van der Waals surface area contributed by atoms with Gasteiger partial charge in [-0.3, -0.25) is 4.39 Å². The molecule has 14 heavy (non-hydrogen) atoms. The van der Waals surface area contributed by atoms with Crippen LogP contribution in [0.2, 0.25) is 0 Å². The Kier molecular flexibility index (Phi) is 2.07. The molecule has 1 fully saturated rings. The van der Waals surface area contributed by atoms with Gasteiger partial charge >= 0.3 is 17.8 Å². The molecule has 0 spiro atoms. The number of alkyl halides is 8. The fraction of sp³-hybridized carbons (Fsp3) is 1.00. The van der Waals surface area contributed by atoms with Crippen LogP contribution in [0.1, 0.15) is 6.42 Å². The normalized spacial score (nSPS) is 30.9. The predicted octanol–water partition coefficient (Wildman–Crippen LogP) is 2.97. The Morgan fingerprint density at radius 3 is 1.29 bits per heavy atom. The van der Waals surface area contributed by atoms with Crippen LogP contribution in [-0.4, -0.2) is 30.1 Å². The van der Waals surface area contributed by atoms with Gasteiger partial charge in [-0.15, -0.1) is 0 Å². The maximum Gasteiger partial charge on any atom is 0.379 e. The molecular formula is C6H4F8. The molecule has 0 saturated heterocycles. The minimum atomic E-state index is -5.76. The monoisotopic (exact) mass is 228 g/mol. The maximum absolute atomic E-state index is 12.7. The van der Waals surface area contributed by atoms with Gasteiger partial charge in [-0.1, -0.05) is 0 Å². The summed E-state index contributed by atoms with van der Waals surface area (Å²) >= 11 is 0. The van der Waals surface area contributed by atoms with E-state index in [0.717, 1.165) is 0 Å². The van der Waals surface area contributed by atoms with Crippen molar-refractivity contribution in [3.05, 3.63) is 0 Å². The lowest BCUT2D eigenvalue weighted by Crippen LogP contribution is -2.84. The van der Waals surface area contributed by atoms with E-state index in [2.05, 4.69) is 0 Å². The van der Waals surface area contributed by atoms with Crippen LogP contribution in [-0.2, 0) is 0 Å². The van der Waals surface area contributed by atoms with Crippen LogP contribution in [0.25, 0.3) is 0 Å². The molecule has 1 rings (SSSR count). The lowest BCUT2D eigenvalue weighted by atomic mass is 9.68. The highest BCUT2D eigenvalue weighted by molar-refractivity contribution is 5.27. The van der Waals surface area contributed by atoms with Gasteiger partial charge in [-0.2, -0.15) is 26.3 Å². The molecule has 1 aliphatic rings. The minimum Gasteiger partial charge on any atom is -0.251 e. The van der Waals surface area contributed by atoms with Crippen molar-refractivity contribution in [1.82, 2.24) is 0 Å². The second-order valence-electron chi connectivity index (χ2n) is 2.96. The summed E-state index contributed by atoms with van der Waals surface area (Å²) in [5.41, 5.74) is -4.79. The maximum atomic E-state index is 12.7. The third kappa shape index (κ3) is 0.802. The fourth-order valence-electron chi connectivity index (χ4n) is 1.27. The highest BCUT2D eigenvalue weighted by atomic mass is 19.4. The quantitative estimate of drug-likeness (QED) is 0.637. The summed E-state index contributed by atoms with van der Waals surface area (Å²) in [6.07, 6.45) is -1.96. The highest BCUT2D eigenvalue weighted by Crippen LogP contribution is 2.69. The van der Waals surface area contributed by atoms with Gasteiger partial charge in [0, 0.05) is 6.42 Å². The van der Waals surface area contributed by atoms with E-state index in [0.29, 0.717) is 0 Å². The van der Waals surface area contributed by atoms with Gasteiger partial charge in [0.2, 0.25) is 0 Å². The number of hydrogen-bond donors (Lipinski definition) is 0. The summed E-state index contributed by atoms with van der Waals surface area (Å²) in [6, 6.07) is 0. The summed E-state index contributed by atoms with van der Waals surface area (Å²) in [6.45, 7) is -1.86. The molecule has 0 amide bonds. The Morgan fingerprint density at radius 1 is 0.643 bits per heavy atom. The van der Waals surface area contributed by atoms with E-state index in [4.69, 9.17) is 0 Å². The molecule has 0 aromatic rings. The van der Waals surface area contributed by atoms with Crippen LogP contribution in [0.5, 0.6) is 0 Å². The van der Waals surface area contributed by atoms with Gasteiger partial charge in [-0.05, 0) is 0 Å². The molecule has 84 valence electrons. The lowest BCUT2D eigenvalue weighted by molar-refractivity contribution is -0.474. The van der Waals surface area contributed by atoms with Gasteiger partial charge < -0.3 is 0 Å². The molecule has 0 N–H and O–H groups in total. The van der Waals surface area contributed by atoms with Crippen molar-refractivity contribution in [2.75, 3.05) is 6.67 Å². The van der Waals surface area contributed by atoms with E-state index in [9.17, 15) is 35.1 Å². The van der Waals surface area contributed by atoms with Crippen molar-refractivity contribution in [2.24, 2.45) is 0 Å². The van der Waals surface area contributed by atoms with Crippen LogP contribution in [0.4, 0.5) is 35.1 Å². The van der Waals surface area contributed by atoms with Crippen molar-refractivity contribution in [3.63, 3.8) is 0 Å². The van der Waals surface area contributed by atoms with E-state index in [-0.39, 0.29) is 0 Å². The zero-order valence-electron chi connectivity index (χ0n) is 6.44. The van der Waals surface area contributed by atoms with Gasteiger partial charge in [0.05, 0.1) is 6.67 Å². The first-order valence-corrected chi connectivity index (χ1v) is 3.44. The van der Waals surface area contributed by atoms with E-state index < -0.39 is 36.5 Å². The molecule has 0 radical (unpaired) electrons. The summed E-state index contributed by atoms with van der Waals surface area (Å²) in [4.78, 5) is 0. The summed E-state index contributed by atoms with van der Waals surface area (Å²) in [7, 11) is 0. The number of hydrogen-bond acceptors (Lipinski definition) is 0. The van der Waals surface area contributed by atoms with Crippen molar-refractivity contribution >= 4 is 0 Å². The molecule has 0 aliphatic heterocycles. The Labute approximate surface area is 72.9 Å². The van der Waals surface area contributed by atoms with Crippen LogP contribution in [0.15, 0.2) is 0 Å². The third-order valence-corrected chi connectivity index (χ3v) is 2.22. The van der Waals surface area contributed by atoms with E-state index in [1.165, 1.54) is 0 Å². The van der Waals surface area contributed by atoms with Gasteiger partial charge in [0.1, 0.15) is 0 Å². The summed E-state index contributed by atoms with van der Waals surface area (Å²) in [5.74, 6) is -16.8. The molecule has 0 aromatic heterocycles. The fourth-order valence-corrected chi connectivity index (χ4v) is 1.27. The first-order chi connectivity index (χ1) is 6.06. The highest BCUT2D eigenvalue weighted by Gasteiger charge is 2.99. The second-order valence-corrected chi connectivity index (χ2v) is 2.96. The molecular weight excluding hydrogens is 224 g/mol. The van der Waals surface area contributed by atoms with Crippen molar-refractivity contribution < 1.29 is 35.1 Å². The molecule has 0 nitrogen and oxygen atoms in total. The second kappa shape index (κ2) is 2.52. The van der Waals surface area contributed by atoms with Crippen LogP contribution in [0, 0.1) is 0 Å². The zero-order valence-corrected chi connectivity index (χ0v) is 6.44. The van der Waals surface area contributed by atoms with Crippen molar-refractivity contribution in [3.8, 4) is 0 Å². The topological polar surface area (TPSA) is 0 Å². The van der Waals surface area contributed by atoms with Crippen LogP contribution in [0.3, 0.4) is 0 Å². The standard InChI is InChI=1S/C6H4F8/c7-2-1-3(8)4(9,10)6(13,14)5(3,11)12/h1-2H2. The third-order valence-electron chi connectivity index (χ3n) is 2.22. The smallest absolute Gasteiger partial charge is 0.251 e. The SMILES string of the molecule is FCCC1(F)C(F)(F)C(F)(F)C1(F)F. The molecule has 0 unspecified atom stereocenters. The van der Waals surface area contributed by atoms with Crippen molar-refractivity contribution in [2.45, 2.75) is 29.9 Å². The van der Waals surface area contributed by atoms with Gasteiger partial charge in [0.15, 0.2) is 0 Å². The first-order valence-electron chi connectivity index (χ1n) is 3.44. The molecule has 1 aliphatic carbocycles. The molecule has 0 aromatic carbocycles. The molecule has 0 bridgehead atoms. The van der Waals surface area contributed by atoms with E-state index in [1.54, 1.807) is 0 Å². The predicted molar refractivity (Wildman–Crippen MR) is 29.3 cm³/mol. The summed E-state index contributed by atoms with van der Waals surface area (Å²) < 4.78 is 97.4. The van der Waals surface area contributed by atoms with Crippen LogP contribution < -0.4 is 0 Å². The Bertz CT molecular complexity index is 226. The number of rotatable bonds is 2. The Hall–Kier alpha value is -0.560. The first kappa shape index (κ1) is 11.5. The van der Waals surface area contributed by atoms with E-state index in [1.807, 2.05) is 0 Å². The van der Waals surface area contributed by atoms with Gasteiger partial charge in [-0.25, -0.2) is 4.39 Å². The molecule has 0 atom stereocenters. The Morgan fingerprint density at radius 2 is 1.00 bits per heavy atom. The Balaban J connectivity index is 3.11. The lowest BCUT2D eigenvalue weighted by Gasteiger charge is -2.53. The average molecular weight is 228 g/mol. The molecule has 1 saturated carbocycles. The van der Waals surface area contributed by atoms with Gasteiger partial charge in [0.25, 0.3) is 5.67 Å².